The Bertz CT molecular complexity index is 543. The lowest BCUT2D eigenvalue weighted by molar-refractivity contribution is 0.322. The molecule has 1 aromatic rings. The van der Waals surface area contributed by atoms with Gasteiger partial charge < -0.3 is 10.5 Å². The van der Waals surface area contributed by atoms with Crippen LogP contribution in [-0.2, 0) is 9.84 Å². The number of sulfone groups is 1. The van der Waals surface area contributed by atoms with Crippen molar-refractivity contribution in [3.05, 3.63) is 29.6 Å². The van der Waals surface area contributed by atoms with Gasteiger partial charge in [0.05, 0.1) is 5.75 Å². The van der Waals surface area contributed by atoms with Gasteiger partial charge in [0.25, 0.3) is 0 Å². The van der Waals surface area contributed by atoms with Crippen LogP contribution in [0, 0.1) is 5.82 Å². The lowest BCUT2D eigenvalue weighted by atomic mass is 10.2. The molecule has 0 atom stereocenters. The predicted octanol–water partition coefficient (Wildman–Crippen LogP) is 1.27. The molecule has 0 fully saturated rings. The molecule has 0 amide bonds. The first-order valence-corrected chi connectivity index (χ1v) is 7.51. The van der Waals surface area contributed by atoms with E-state index in [1.807, 2.05) is 0 Å². The summed E-state index contributed by atoms with van der Waals surface area (Å²) in [5, 5.41) is 0. The van der Waals surface area contributed by atoms with Gasteiger partial charge in [0.1, 0.15) is 11.6 Å². The normalized spacial score (nSPS) is 11.2. The van der Waals surface area contributed by atoms with Crippen molar-refractivity contribution in [3.8, 4) is 5.75 Å². The van der Waals surface area contributed by atoms with Crippen LogP contribution in [0.5, 0.6) is 5.75 Å². The van der Waals surface area contributed by atoms with Crippen LogP contribution in [-0.4, -0.2) is 31.5 Å². The van der Waals surface area contributed by atoms with Crippen molar-refractivity contribution < 1.29 is 17.5 Å². The molecule has 0 aliphatic heterocycles. The van der Waals surface area contributed by atoms with Crippen LogP contribution in [0.4, 0.5) is 4.39 Å². The average Bonchev–Trinajstić information content (AvgIpc) is 2.31. The Morgan fingerprint density at radius 1 is 1.50 bits per heavy atom. The quantitative estimate of drug-likeness (QED) is 0.799. The van der Waals surface area contributed by atoms with Crippen LogP contribution in [0.1, 0.15) is 12.5 Å². The molecule has 4 nitrogen and oxygen atoms in total. The molecule has 0 saturated carbocycles. The van der Waals surface area contributed by atoms with E-state index in [1.165, 1.54) is 12.1 Å². The third-order valence-corrected chi connectivity index (χ3v) is 4.21. The van der Waals surface area contributed by atoms with Crippen molar-refractivity contribution >= 4 is 27.0 Å². The molecule has 0 aromatic heterocycles. The van der Waals surface area contributed by atoms with Gasteiger partial charge in [-0.2, -0.15) is 0 Å². The summed E-state index contributed by atoms with van der Waals surface area (Å²) in [6.07, 6.45) is 0. The first-order chi connectivity index (χ1) is 8.35. The molecule has 0 bridgehead atoms. The number of rotatable bonds is 6. The van der Waals surface area contributed by atoms with E-state index in [0.29, 0.717) is 5.56 Å². The summed E-state index contributed by atoms with van der Waals surface area (Å²) in [6.45, 7) is 1.46. The lowest BCUT2D eigenvalue weighted by Gasteiger charge is -2.08. The molecule has 2 N–H and O–H groups in total. The molecule has 0 saturated heterocycles. The molecule has 1 rings (SSSR count). The van der Waals surface area contributed by atoms with E-state index in [4.69, 9.17) is 22.7 Å². The first kappa shape index (κ1) is 14.8. The van der Waals surface area contributed by atoms with Gasteiger partial charge in [-0.25, -0.2) is 12.8 Å². The second kappa shape index (κ2) is 6.10. The first-order valence-electron chi connectivity index (χ1n) is 5.28. The smallest absolute Gasteiger partial charge is 0.165 e. The molecule has 0 spiro atoms. The predicted molar refractivity (Wildman–Crippen MR) is 72.1 cm³/mol. The maximum Gasteiger partial charge on any atom is 0.165 e. The van der Waals surface area contributed by atoms with Crippen LogP contribution in [0.15, 0.2) is 18.2 Å². The van der Waals surface area contributed by atoms with Gasteiger partial charge in [-0.3, -0.25) is 0 Å². The molecule has 18 heavy (non-hydrogen) atoms. The second-order valence-electron chi connectivity index (χ2n) is 3.59. The van der Waals surface area contributed by atoms with Crippen LogP contribution in [0.25, 0.3) is 0 Å². The van der Waals surface area contributed by atoms with E-state index in [2.05, 4.69) is 0 Å². The largest absolute Gasteiger partial charge is 0.489 e. The van der Waals surface area contributed by atoms with Gasteiger partial charge in [-0.05, 0) is 18.2 Å². The van der Waals surface area contributed by atoms with Gasteiger partial charge in [0.2, 0.25) is 0 Å². The number of hydrogen-bond acceptors (Lipinski definition) is 4. The molecule has 0 aliphatic rings. The maximum absolute atomic E-state index is 13.5. The van der Waals surface area contributed by atoms with E-state index in [-0.39, 0.29) is 28.9 Å². The molecular weight excluding hydrogens is 277 g/mol. The number of thiocarbonyl (C=S) groups is 1. The molecule has 0 heterocycles. The standard InChI is InChI=1S/C11H14FNO3S2/c1-2-18(14,15)6-5-16-10-4-3-8(11(13)17)7-9(10)12/h3-4,7H,2,5-6H2,1H3,(H2,13,17). The Kier molecular flexibility index (Phi) is 5.03. The molecule has 7 heteroatoms. The lowest BCUT2D eigenvalue weighted by Crippen LogP contribution is -2.16. The molecule has 0 unspecified atom stereocenters. The maximum atomic E-state index is 13.5. The summed E-state index contributed by atoms with van der Waals surface area (Å²) in [7, 11) is -3.11. The zero-order valence-electron chi connectivity index (χ0n) is 9.85. The van der Waals surface area contributed by atoms with E-state index in [1.54, 1.807) is 6.92 Å². The minimum absolute atomic E-state index is 0.0127. The Morgan fingerprint density at radius 3 is 2.67 bits per heavy atom. The fourth-order valence-electron chi connectivity index (χ4n) is 1.19. The van der Waals surface area contributed by atoms with Crippen LogP contribution in [0.3, 0.4) is 0 Å². The topological polar surface area (TPSA) is 69.4 Å². The Labute approximate surface area is 111 Å². The minimum atomic E-state index is -3.11. The van der Waals surface area contributed by atoms with Crippen LogP contribution < -0.4 is 10.5 Å². The van der Waals surface area contributed by atoms with Crippen molar-refractivity contribution in [2.45, 2.75) is 6.92 Å². The Morgan fingerprint density at radius 2 is 2.17 bits per heavy atom. The summed E-state index contributed by atoms with van der Waals surface area (Å²) in [4.78, 5) is 0.0917. The number of halogens is 1. The van der Waals surface area contributed by atoms with Crippen molar-refractivity contribution in [3.63, 3.8) is 0 Å². The highest BCUT2D eigenvalue weighted by Gasteiger charge is 2.10. The highest BCUT2D eigenvalue weighted by Crippen LogP contribution is 2.18. The average molecular weight is 291 g/mol. The van der Waals surface area contributed by atoms with E-state index in [9.17, 15) is 12.8 Å². The van der Waals surface area contributed by atoms with Crippen molar-refractivity contribution in [1.29, 1.82) is 0 Å². The van der Waals surface area contributed by atoms with Crippen molar-refractivity contribution in [2.75, 3.05) is 18.1 Å². The number of hydrogen-bond donors (Lipinski definition) is 1. The monoisotopic (exact) mass is 291 g/mol. The van der Waals surface area contributed by atoms with Gasteiger partial charge >= 0.3 is 0 Å². The van der Waals surface area contributed by atoms with Gasteiger partial charge in [0.15, 0.2) is 21.4 Å². The van der Waals surface area contributed by atoms with E-state index >= 15 is 0 Å². The summed E-state index contributed by atoms with van der Waals surface area (Å²) < 4.78 is 41.0. The SMILES string of the molecule is CCS(=O)(=O)CCOc1ccc(C(N)=S)cc1F. The van der Waals surface area contributed by atoms with Crippen molar-refractivity contribution in [1.82, 2.24) is 0 Å². The van der Waals surface area contributed by atoms with E-state index < -0.39 is 15.7 Å². The number of benzene rings is 1. The van der Waals surface area contributed by atoms with Crippen LogP contribution in [0.2, 0.25) is 0 Å². The zero-order valence-corrected chi connectivity index (χ0v) is 11.5. The summed E-state index contributed by atoms with van der Waals surface area (Å²) in [5.41, 5.74) is 5.75. The van der Waals surface area contributed by atoms with Gasteiger partial charge in [0, 0.05) is 11.3 Å². The third kappa shape index (κ3) is 4.23. The molecule has 0 radical (unpaired) electrons. The van der Waals surface area contributed by atoms with Gasteiger partial charge in [-0.15, -0.1) is 0 Å². The molecule has 1 aromatic carbocycles. The third-order valence-electron chi connectivity index (χ3n) is 2.31. The van der Waals surface area contributed by atoms with Crippen molar-refractivity contribution in [2.24, 2.45) is 5.73 Å². The number of nitrogens with two attached hydrogens (primary N) is 1. The van der Waals surface area contributed by atoms with Gasteiger partial charge in [-0.1, -0.05) is 19.1 Å². The summed E-state index contributed by atoms with van der Waals surface area (Å²) in [5.74, 6) is -0.727. The molecule has 0 aliphatic carbocycles. The highest BCUT2D eigenvalue weighted by atomic mass is 32.2. The molecular formula is C11H14FNO3S2. The highest BCUT2D eigenvalue weighted by molar-refractivity contribution is 7.91. The zero-order chi connectivity index (χ0) is 13.8. The Hall–Kier alpha value is -1.21. The fourth-order valence-corrected chi connectivity index (χ4v) is 1.95. The fraction of sp³-hybridized carbons (Fsp3) is 0.364. The van der Waals surface area contributed by atoms with E-state index in [0.717, 1.165) is 6.07 Å². The summed E-state index contributed by atoms with van der Waals surface area (Å²) in [6, 6.07) is 4.06. The second-order valence-corrected chi connectivity index (χ2v) is 6.51. The Balaban J connectivity index is 2.67. The minimum Gasteiger partial charge on any atom is -0.489 e. The molecule has 100 valence electrons. The summed E-state index contributed by atoms with van der Waals surface area (Å²) >= 11 is 4.71. The van der Waals surface area contributed by atoms with Crippen LogP contribution >= 0.6 is 12.2 Å². The number of ether oxygens (including phenoxy) is 1.